The van der Waals surface area contributed by atoms with E-state index >= 15 is 0 Å². The highest BCUT2D eigenvalue weighted by Gasteiger charge is 2.15. The van der Waals surface area contributed by atoms with Gasteiger partial charge in [0.25, 0.3) is 11.4 Å². The van der Waals surface area contributed by atoms with Gasteiger partial charge in [0.2, 0.25) is 0 Å². The smallest absolute Gasteiger partial charge is 0.273 e. The van der Waals surface area contributed by atoms with Gasteiger partial charge in [0.05, 0.1) is 30.1 Å². The third-order valence-electron chi connectivity index (χ3n) is 3.22. The van der Waals surface area contributed by atoms with Gasteiger partial charge in [-0.3, -0.25) is 20.2 Å². The Morgan fingerprint density at radius 1 is 0.833 bits per heavy atom. The fraction of sp³-hybridized carbons (Fsp3) is 0.200. The summed E-state index contributed by atoms with van der Waals surface area (Å²) in [6.07, 6.45) is 0. The maximum absolute atomic E-state index is 10.9. The molecule has 24 heavy (non-hydrogen) atoms. The monoisotopic (exact) mass is 334 g/mol. The Labute approximate surface area is 136 Å². The normalized spacial score (nSPS) is 10.1. The zero-order valence-electron chi connectivity index (χ0n) is 12.9. The molecular weight excluding hydrogens is 320 g/mol. The molecule has 0 radical (unpaired) electrons. The number of methoxy groups -OCH3 is 2. The molecule has 0 aliphatic carbocycles. The molecule has 0 atom stereocenters. The van der Waals surface area contributed by atoms with Crippen molar-refractivity contribution < 1.29 is 24.1 Å². The van der Waals surface area contributed by atoms with E-state index in [1.165, 1.54) is 50.6 Å². The minimum atomic E-state index is -0.555. The number of rotatable bonds is 7. The van der Waals surface area contributed by atoms with E-state index in [1.54, 1.807) is 0 Å². The molecule has 0 unspecified atom stereocenters. The van der Waals surface area contributed by atoms with E-state index in [4.69, 9.17) is 14.2 Å². The number of ether oxygens (including phenoxy) is 3. The first-order valence-electron chi connectivity index (χ1n) is 6.72. The summed E-state index contributed by atoms with van der Waals surface area (Å²) in [4.78, 5) is 20.7. The molecule has 9 nitrogen and oxygen atoms in total. The van der Waals surface area contributed by atoms with Crippen LogP contribution in [-0.4, -0.2) is 24.1 Å². The van der Waals surface area contributed by atoms with Crippen LogP contribution >= 0.6 is 0 Å². The van der Waals surface area contributed by atoms with Crippen LogP contribution in [0.15, 0.2) is 36.4 Å². The standard InChI is InChI=1S/C15H14N2O7/c1-22-13-5-3-11(16(18)19)7-10(13)9-24-15-8-12(17(20)21)4-6-14(15)23-2/h3-8H,9H2,1-2H3. The molecule has 0 aliphatic rings. The summed E-state index contributed by atoms with van der Waals surface area (Å²) < 4.78 is 15.8. The average molecular weight is 334 g/mol. The van der Waals surface area contributed by atoms with Crippen molar-refractivity contribution in [1.29, 1.82) is 0 Å². The van der Waals surface area contributed by atoms with Crippen molar-refractivity contribution in [2.45, 2.75) is 6.61 Å². The maximum Gasteiger partial charge on any atom is 0.273 e. The Morgan fingerprint density at radius 2 is 1.38 bits per heavy atom. The van der Waals surface area contributed by atoms with Gasteiger partial charge in [-0.05, 0) is 12.1 Å². The largest absolute Gasteiger partial charge is 0.496 e. The molecule has 0 N–H and O–H groups in total. The van der Waals surface area contributed by atoms with Crippen LogP contribution in [0.1, 0.15) is 5.56 Å². The topological polar surface area (TPSA) is 114 Å². The average Bonchev–Trinajstić information content (AvgIpc) is 2.59. The molecule has 0 saturated heterocycles. The molecule has 126 valence electrons. The molecular formula is C15H14N2O7. The Kier molecular flexibility index (Phi) is 5.15. The van der Waals surface area contributed by atoms with Gasteiger partial charge < -0.3 is 14.2 Å². The summed E-state index contributed by atoms with van der Waals surface area (Å²) in [6.45, 7) is -0.0810. The summed E-state index contributed by atoms with van der Waals surface area (Å²) in [7, 11) is 2.83. The molecule has 0 bridgehead atoms. The molecule has 0 amide bonds. The van der Waals surface area contributed by atoms with Crippen molar-refractivity contribution >= 4 is 11.4 Å². The lowest BCUT2D eigenvalue weighted by atomic mass is 10.2. The second kappa shape index (κ2) is 7.27. The van der Waals surface area contributed by atoms with Gasteiger partial charge in [-0.2, -0.15) is 0 Å². The van der Waals surface area contributed by atoms with Crippen molar-refractivity contribution in [1.82, 2.24) is 0 Å². The number of nitrogens with zero attached hydrogens (tertiary/aromatic N) is 2. The van der Waals surface area contributed by atoms with Crippen molar-refractivity contribution in [3.8, 4) is 17.2 Å². The summed E-state index contributed by atoms with van der Waals surface area (Å²) in [5.74, 6) is 0.871. The summed E-state index contributed by atoms with van der Waals surface area (Å²) in [5, 5.41) is 21.7. The molecule has 2 aromatic carbocycles. The van der Waals surface area contributed by atoms with E-state index in [2.05, 4.69) is 0 Å². The SMILES string of the molecule is COc1ccc([N+](=O)[O-])cc1COc1cc([N+](=O)[O-])ccc1OC. The lowest BCUT2D eigenvalue weighted by Crippen LogP contribution is -2.02. The van der Waals surface area contributed by atoms with Crippen LogP contribution in [0.4, 0.5) is 11.4 Å². The summed E-state index contributed by atoms with van der Waals surface area (Å²) in [6, 6.07) is 8.03. The zero-order chi connectivity index (χ0) is 17.7. The molecule has 0 fully saturated rings. The Bertz CT molecular complexity index is 711. The van der Waals surface area contributed by atoms with Gasteiger partial charge in [-0.15, -0.1) is 0 Å². The van der Waals surface area contributed by atoms with E-state index in [0.29, 0.717) is 17.1 Å². The summed E-state index contributed by atoms with van der Waals surface area (Å²) in [5.41, 5.74) is 0.164. The molecule has 2 aromatic rings. The van der Waals surface area contributed by atoms with Crippen LogP contribution in [0.3, 0.4) is 0 Å². The van der Waals surface area contributed by atoms with E-state index in [0.717, 1.165) is 0 Å². The zero-order valence-corrected chi connectivity index (χ0v) is 12.9. The predicted octanol–water partition coefficient (Wildman–Crippen LogP) is 3.10. The Balaban J connectivity index is 2.30. The quantitative estimate of drug-likeness (QED) is 0.564. The van der Waals surface area contributed by atoms with Crippen molar-refractivity contribution in [2.24, 2.45) is 0 Å². The first-order valence-corrected chi connectivity index (χ1v) is 6.72. The molecule has 0 aliphatic heterocycles. The molecule has 9 heteroatoms. The molecule has 0 spiro atoms. The van der Waals surface area contributed by atoms with Gasteiger partial charge >= 0.3 is 0 Å². The first-order chi connectivity index (χ1) is 11.5. The van der Waals surface area contributed by atoms with E-state index in [9.17, 15) is 20.2 Å². The fourth-order valence-corrected chi connectivity index (χ4v) is 2.04. The molecule has 2 rings (SSSR count). The highest BCUT2D eigenvalue weighted by atomic mass is 16.6. The Morgan fingerprint density at radius 3 is 1.92 bits per heavy atom. The highest BCUT2D eigenvalue weighted by molar-refractivity contribution is 5.49. The van der Waals surface area contributed by atoms with Gasteiger partial charge in [0.1, 0.15) is 12.4 Å². The number of nitro benzene ring substituents is 2. The van der Waals surface area contributed by atoms with E-state index < -0.39 is 9.85 Å². The predicted molar refractivity (Wildman–Crippen MR) is 83.6 cm³/mol. The highest BCUT2D eigenvalue weighted by Crippen LogP contribution is 2.33. The van der Waals surface area contributed by atoms with Crippen LogP contribution in [0.2, 0.25) is 0 Å². The van der Waals surface area contributed by atoms with E-state index in [1.807, 2.05) is 0 Å². The third kappa shape index (κ3) is 3.69. The molecule has 0 saturated carbocycles. The van der Waals surface area contributed by atoms with Gasteiger partial charge in [-0.1, -0.05) is 0 Å². The number of nitro groups is 2. The lowest BCUT2D eigenvalue weighted by Gasteiger charge is -2.12. The van der Waals surface area contributed by atoms with Gasteiger partial charge in [0.15, 0.2) is 11.5 Å². The minimum Gasteiger partial charge on any atom is -0.496 e. The van der Waals surface area contributed by atoms with Gasteiger partial charge in [0, 0.05) is 23.8 Å². The van der Waals surface area contributed by atoms with Crippen LogP contribution < -0.4 is 14.2 Å². The van der Waals surface area contributed by atoms with Crippen molar-refractivity contribution in [3.05, 3.63) is 62.2 Å². The summed E-state index contributed by atoms with van der Waals surface area (Å²) >= 11 is 0. The van der Waals surface area contributed by atoms with Crippen LogP contribution in [0.25, 0.3) is 0 Å². The number of hydrogen-bond acceptors (Lipinski definition) is 7. The van der Waals surface area contributed by atoms with Crippen LogP contribution in [0.5, 0.6) is 17.2 Å². The number of non-ortho nitro benzene ring substituents is 2. The molecule has 0 heterocycles. The van der Waals surface area contributed by atoms with E-state index in [-0.39, 0.29) is 23.7 Å². The van der Waals surface area contributed by atoms with Crippen molar-refractivity contribution in [2.75, 3.05) is 14.2 Å². The number of benzene rings is 2. The van der Waals surface area contributed by atoms with Gasteiger partial charge in [-0.25, -0.2) is 0 Å². The first kappa shape index (κ1) is 17.0. The molecule has 0 aromatic heterocycles. The second-order valence-electron chi connectivity index (χ2n) is 4.63. The minimum absolute atomic E-state index is 0.0810. The second-order valence-corrected chi connectivity index (χ2v) is 4.63. The maximum atomic E-state index is 10.9. The van der Waals surface area contributed by atoms with Crippen LogP contribution in [0, 0.1) is 20.2 Å². The Hall–Kier alpha value is -3.36. The number of hydrogen-bond donors (Lipinski definition) is 0. The fourth-order valence-electron chi connectivity index (χ4n) is 2.04. The lowest BCUT2D eigenvalue weighted by molar-refractivity contribution is -0.385. The van der Waals surface area contributed by atoms with Crippen LogP contribution in [-0.2, 0) is 6.61 Å². The third-order valence-corrected chi connectivity index (χ3v) is 3.22. The van der Waals surface area contributed by atoms with Crippen molar-refractivity contribution in [3.63, 3.8) is 0 Å².